The molecule has 0 saturated carbocycles. The smallest absolute Gasteiger partial charge is 0.407 e. The first-order chi connectivity index (χ1) is 17.6. The van der Waals surface area contributed by atoms with E-state index in [1.54, 1.807) is 31.3 Å². The monoisotopic (exact) mass is 509 g/mol. The van der Waals surface area contributed by atoms with Crippen molar-refractivity contribution in [3.05, 3.63) is 70.2 Å². The third kappa shape index (κ3) is 8.93. The Kier molecular flexibility index (Phi) is 9.65. The number of aryl methyl sites for hydroxylation is 1. The Morgan fingerprint density at radius 3 is 2.62 bits per heavy atom. The number of pyridine rings is 1. The average molecular weight is 510 g/mol. The average Bonchev–Trinajstić information content (AvgIpc) is 2.86. The first-order valence-electron chi connectivity index (χ1n) is 12.4. The Labute approximate surface area is 216 Å². The molecule has 0 bridgehead atoms. The summed E-state index contributed by atoms with van der Waals surface area (Å²) in [5.41, 5.74) is 0.772. The maximum Gasteiger partial charge on any atom is 0.407 e. The summed E-state index contributed by atoms with van der Waals surface area (Å²) in [6, 6.07) is 11.4. The molecule has 9 heteroatoms. The van der Waals surface area contributed by atoms with Crippen molar-refractivity contribution in [2.45, 2.75) is 53.0 Å². The summed E-state index contributed by atoms with van der Waals surface area (Å²) in [6.07, 6.45) is 2.53. The fourth-order valence-corrected chi connectivity index (χ4v) is 3.59. The van der Waals surface area contributed by atoms with Gasteiger partial charge in [-0.25, -0.2) is 14.6 Å². The molecule has 1 aromatic carbocycles. The molecular formula is C28H35N3O6. The van der Waals surface area contributed by atoms with Crippen molar-refractivity contribution in [1.29, 1.82) is 0 Å². The number of nitrogens with one attached hydrogen (secondary N) is 2. The second-order valence-corrected chi connectivity index (χ2v) is 9.94. The minimum Gasteiger partial charge on any atom is -0.464 e. The number of benzene rings is 1. The third-order valence-electron chi connectivity index (χ3n) is 5.35. The summed E-state index contributed by atoms with van der Waals surface area (Å²) in [7, 11) is 0. The number of alkyl carbamates (subject to hydrolysis) is 1. The van der Waals surface area contributed by atoms with Crippen LogP contribution in [-0.4, -0.2) is 42.8 Å². The molecule has 0 aliphatic heterocycles. The van der Waals surface area contributed by atoms with Gasteiger partial charge in [0, 0.05) is 31.6 Å². The number of rotatable bonds is 11. The van der Waals surface area contributed by atoms with Crippen molar-refractivity contribution in [3.8, 4) is 0 Å². The summed E-state index contributed by atoms with van der Waals surface area (Å²) in [5, 5.41) is 6.23. The van der Waals surface area contributed by atoms with Gasteiger partial charge >= 0.3 is 12.1 Å². The quantitative estimate of drug-likeness (QED) is 0.287. The largest absolute Gasteiger partial charge is 0.464 e. The lowest BCUT2D eigenvalue weighted by Crippen LogP contribution is -2.44. The van der Waals surface area contributed by atoms with Crippen molar-refractivity contribution < 1.29 is 23.5 Å². The van der Waals surface area contributed by atoms with E-state index < -0.39 is 18.1 Å². The van der Waals surface area contributed by atoms with E-state index in [1.807, 2.05) is 39.0 Å². The summed E-state index contributed by atoms with van der Waals surface area (Å²) >= 11 is 0. The van der Waals surface area contributed by atoms with Crippen LogP contribution in [0.25, 0.3) is 11.0 Å². The molecule has 3 aromatic rings. The highest BCUT2D eigenvalue weighted by molar-refractivity contribution is 5.82. The summed E-state index contributed by atoms with van der Waals surface area (Å²) in [4.78, 5) is 41.8. The van der Waals surface area contributed by atoms with E-state index in [-0.39, 0.29) is 30.5 Å². The Balaban J connectivity index is 1.66. The molecule has 2 heterocycles. The van der Waals surface area contributed by atoms with Crippen molar-refractivity contribution >= 4 is 28.8 Å². The molecule has 9 nitrogen and oxygen atoms in total. The standard InChI is InChI=1S/C28H35N3O6/c1-5-35-26(33)22(31-27(34)36-18-28(2,3)4)16-19-11-12-24-21(15-19)23(32)17-20(37-24)9-8-14-30-25-10-6-7-13-29-25/h6-7,10-13,15,17,22H,5,8-9,14,16,18H2,1-4H3,(H,29,30)(H,31,34). The van der Waals surface area contributed by atoms with Crippen LogP contribution in [0.3, 0.4) is 0 Å². The highest BCUT2D eigenvalue weighted by Crippen LogP contribution is 2.18. The minimum absolute atomic E-state index is 0.139. The van der Waals surface area contributed by atoms with Crippen molar-refractivity contribution in [3.63, 3.8) is 0 Å². The molecule has 0 aliphatic carbocycles. The van der Waals surface area contributed by atoms with Gasteiger partial charge in [-0.3, -0.25) is 4.79 Å². The molecule has 1 amide bonds. The van der Waals surface area contributed by atoms with Crippen molar-refractivity contribution in [2.75, 3.05) is 25.1 Å². The molecule has 3 rings (SSSR count). The lowest BCUT2D eigenvalue weighted by molar-refractivity contribution is -0.145. The minimum atomic E-state index is -0.956. The first-order valence-corrected chi connectivity index (χ1v) is 12.4. The molecular weight excluding hydrogens is 474 g/mol. The maximum atomic E-state index is 12.8. The number of amides is 1. The van der Waals surface area contributed by atoms with E-state index >= 15 is 0 Å². The molecule has 0 saturated heterocycles. The van der Waals surface area contributed by atoms with Crippen LogP contribution >= 0.6 is 0 Å². The lowest BCUT2D eigenvalue weighted by Gasteiger charge is -2.21. The SMILES string of the molecule is CCOC(=O)C(Cc1ccc2oc(CCCNc3ccccn3)cc(=O)c2c1)NC(=O)OCC(C)(C)C. The van der Waals surface area contributed by atoms with Gasteiger partial charge in [0.05, 0.1) is 18.6 Å². The number of aromatic nitrogens is 1. The van der Waals surface area contributed by atoms with Gasteiger partial charge in [-0.05, 0) is 48.6 Å². The molecule has 0 radical (unpaired) electrons. The predicted octanol–water partition coefficient (Wildman–Crippen LogP) is 4.48. The van der Waals surface area contributed by atoms with E-state index in [0.717, 1.165) is 12.2 Å². The van der Waals surface area contributed by atoms with Gasteiger partial charge in [-0.15, -0.1) is 0 Å². The summed E-state index contributed by atoms with van der Waals surface area (Å²) in [5.74, 6) is 0.825. The van der Waals surface area contributed by atoms with Gasteiger partial charge in [-0.1, -0.05) is 32.9 Å². The molecule has 0 spiro atoms. The fraction of sp³-hybridized carbons (Fsp3) is 0.429. The van der Waals surface area contributed by atoms with Crippen LogP contribution in [0.1, 0.15) is 45.4 Å². The van der Waals surface area contributed by atoms with Crippen LogP contribution in [0.2, 0.25) is 0 Å². The molecule has 2 aromatic heterocycles. The van der Waals surface area contributed by atoms with Crippen molar-refractivity contribution in [2.24, 2.45) is 5.41 Å². The van der Waals surface area contributed by atoms with E-state index in [0.29, 0.717) is 35.3 Å². The number of carbonyl (C=O) groups excluding carboxylic acids is 2. The Hall–Kier alpha value is -3.88. The molecule has 0 fully saturated rings. The van der Waals surface area contributed by atoms with Gasteiger partial charge in [0.2, 0.25) is 0 Å². The summed E-state index contributed by atoms with van der Waals surface area (Å²) < 4.78 is 16.3. The number of fused-ring (bicyclic) bond motifs is 1. The topological polar surface area (TPSA) is 120 Å². The Bertz CT molecular complexity index is 1250. The second kappa shape index (κ2) is 12.9. The highest BCUT2D eigenvalue weighted by Gasteiger charge is 2.24. The van der Waals surface area contributed by atoms with E-state index in [4.69, 9.17) is 13.9 Å². The van der Waals surface area contributed by atoms with Crippen LogP contribution in [0.5, 0.6) is 0 Å². The van der Waals surface area contributed by atoms with Gasteiger partial charge in [0.1, 0.15) is 23.2 Å². The lowest BCUT2D eigenvalue weighted by atomic mass is 9.99. The highest BCUT2D eigenvalue weighted by atomic mass is 16.6. The van der Waals surface area contributed by atoms with Crippen LogP contribution < -0.4 is 16.1 Å². The second-order valence-electron chi connectivity index (χ2n) is 9.94. The van der Waals surface area contributed by atoms with E-state index in [9.17, 15) is 14.4 Å². The number of hydrogen-bond donors (Lipinski definition) is 2. The predicted molar refractivity (Wildman–Crippen MR) is 142 cm³/mol. The maximum absolute atomic E-state index is 12.8. The van der Waals surface area contributed by atoms with Crippen molar-refractivity contribution in [1.82, 2.24) is 10.3 Å². The number of hydrogen-bond acceptors (Lipinski definition) is 8. The fourth-order valence-electron chi connectivity index (χ4n) is 3.59. The molecule has 1 atom stereocenters. The molecule has 37 heavy (non-hydrogen) atoms. The number of anilines is 1. The van der Waals surface area contributed by atoms with Gasteiger partial charge in [0.25, 0.3) is 0 Å². The van der Waals surface area contributed by atoms with Crippen LogP contribution in [-0.2, 0) is 27.1 Å². The Morgan fingerprint density at radius 2 is 1.92 bits per heavy atom. The zero-order chi connectivity index (χ0) is 26.8. The van der Waals surface area contributed by atoms with Crippen LogP contribution in [0.4, 0.5) is 10.6 Å². The molecule has 198 valence electrons. The van der Waals surface area contributed by atoms with E-state index in [1.165, 1.54) is 6.07 Å². The van der Waals surface area contributed by atoms with Crippen LogP contribution in [0.15, 0.2) is 57.9 Å². The third-order valence-corrected chi connectivity index (χ3v) is 5.35. The number of nitrogens with zero attached hydrogens (tertiary/aromatic N) is 1. The summed E-state index contributed by atoms with van der Waals surface area (Å²) in [6.45, 7) is 8.58. The van der Waals surface area contributed by atoms with Gasteiger partial charge in [0.15, 0.2) is 5.43 Å². The number of esters is 1. The Morgan fingerprint density at radius 1 is 1.11 bits per heavy atom. The first kappa shape index (κ1) is 27.7. The molecule has 1 unspecified atom stereocenters. The zero-order valence-electron chi connectivity index (χ0n) is 21.8. The van der Waals surface area contributed by atoms with E-state index in [2.05, 4.69) is 15.6 Å². The zero-order valence-corrected chi connectivity index (χ0v) is 21.8. The molecule has 0 aliphatic rings. The van der Waals surface area contributed by atoms with Crippen LogP contribution in [0, 0.1) is 5.41 Å². The number of carbonyl (C=O) groups is 2. The van der Waals surface area contributed by atoms with Gasteiger partial charge < -0.3 is 24.5 Å². The van der Waals surface area contributed by atoms with Gasteiger partial charge in [-0.2, -0.15) is 0 Å². The number of ether oxygens (including phenoxy) is 2. The molecule has 2 N–H and O–H groups in total. The normalized spacial score (nSPS) is 12.1.